The third-order valence-corrected chi connectivity index (χ3v) is 14.6. The number of ketones is 1. The molecule has 7 heteroatoms. The summed E-state index contributed by atoms with van der Waals surface area (Å²) in [5.74, 6) is 0.320. The Balaban J connectivity index is 1.44. The zero-order chi connectivity index (χ0) is 33.0. The second-order valence-electron chi connectivity index (χ2n) is 17.0. The number of rotatable bonds is 3. The van der Waals surface area contributed by atoms with Gasteiger partial charge in [-0.15, -0.1) is 0 Å². The molecule has 0 spiro atoms. The first-order chi connectivity index (χ1) is 20.8. The molecule has 4 nitrogen and oxygen atoms in total. The SMILES string of the molecule is CC(C)C1=C2C3CCCC4[C@@]5(C)CC[C@H](O)C(C)(C)C5CC[C@@]4(C)[C@]3(C)CC[C@@]2(C(=O)Nc2ccccc2C(F)(F)F)CC1=O. The summed E-state index contributed by atoms with van der Waals surface area (Å²) in [6, 6.07) is 5.14. The minimum atomic E-state index is -4.61. The molecule has 8 atom stereocenters. The van der Waals surface area contributed by atoms with E-state index in [1.165, 1.54) is 18.2 Å². The lowest BCUT2D eigenvalue weighted by Crippen LogP contribution is -2.63. The Morgan fingerprint density at radius 2 is 1.60 bits per heavy atom. The number of halogens is 3. The number of fused-ring (bicyclic) bond motifs is 7. The molecule has 1 aromatic carbocycles. The number of nitrogens with one attached hydrogen (secondary N) is 1. The monoisotopic (exact) mass is 627 g/mol. The highest BCUT2D eigenvalue weighted by molar-refractivity contribution is 6.10. The average Bonchev–Trinajstić information content (AvgIpc) is 3.20. The van der Waals surface area contributed by atoms with Gasteiger partial charge in [0.15, 0.2) is 5.78 Å². The number of aliphatic hydroxyl groups is 1. The molecule has 6 rings (SSSR count). The normalized spacial score (nSPS) is 41.1. The van der Waals surface area contributed by atoms with Crippen LogP contribution in [0.2, 0.25) is 0 Å². The van der Waals surface area contributed by atoms with Crippen LogP contribution in [0.1, 0.15) is 118 Å². The number of amides is 1. The van der Waals surface area contributed by atoms with Crippen molar-refractivity contribution in [3.8, 4) is 0 Å². The first kappa shape index (κ1) is 32.8. The van der Waals surface area contributed by atoms with E-state index in [1.807, 2.05) is 13.8 Å². The van der Waals surface area contributed by atoms with Gasteiger partial charge in [-0.2, -0.15) is 13.2 Å². The third-order valence-electron chi connectivity index (χ3n) is 14.6. The fraction of sp³-hybridized carbons (Fsp3) is 0.737. The number of hydrogen-bond donors (Lipinski definition) is 2. The van der Waals surface area contributed by atoms with Crippen LogP contribution < -0.4 is 5.32 Å². The van der Waals surface area contributed by atoms with Crippen LogP contribution in [0.4, 0.5) is 18.9 Å². The second kappa shape index (κ2) is 10.4. The molecule has 5 aliphatic rings. The predicted octanol–water partition coefficient (Wildman–Crippen LogP) is 9.38. The summed E-state index contributed by atoms with van der Waals surface area (Å²) in [4.78, 5) is 28.3. The number of hydrogen-bond acceptors (Lipinski definition) is 3. The molecular formula is C38H52F3NO3. The van der Waals surface area contributed by atoms with Crippen molar-refractivity contribution >= 4 is 17.4 Å². The molecule has 248 valence electrons. The number of carbonyl (C=O) groups is 2. The van der Waals surface area contributed by atoms with Gasteiger partial charge in [-0.05, 0) is 120 Å². The molecule has 5 aliphatic carbocycles. The number of para-hydroxylation sites is 1. The topological polar surface area (TPSA) is 66.4 Å². The van der Waals surface area contributed by atoms with Crippen molar-refractivity contribution in [2.24, 2.45) is 50.7 Å². The number of anilines is 1. The first-order valence-corrected chi connectivity index (χ1v) is 17.3. The standard InChI is InChI=1S/C38H52F3NO3/c1-22(2)30-26(43)21-37(32(45)42-25-13-9-8-11-23(25)38(39,40)41)20-19-35(6)24(31(30)37)12-10-14-28-34(5)17-16-29(44)33(3,4)27(34)15-18-36(28,35)7/h8-9,11,13,22,24,27-29,44H,10,12,14-21H2,1-7H3,(H,42,45)/t24?,27?,28?,29-,34-,35+,36+,37+/m0/s1. The van der Waals surface area contributed by atoms with E-state index >= 15 is 0 Å². The maximum atomic E-state index is 14.4. The molecule has 1 amide bonds. The summed E-state index contributed by atoms with van der Waals surface area (Å²) < 4.78 is 41.8. The Kier molecular flexibility index (Phi) is 7.59. The molecule has 3 unspecified atom stereocenters. The van der Waals surface area contributed by atoms with Gasteiger partial charge in [0.25, 0.3) is 0 Å². The highest BCUT2D eigenvalue weighted by Gasteiger charge is 2.69. The predicted molar refractivity (Wildman–Crippen MR) is 170 cm³/mol. The van der Waals surface area contributed by atoms with Crippen LogP contribution in [0.3, 0.4) is 0 Å². The molecule has 0 radical (unpaired) electrons. The van der Waals surface area contributed by atoms with Crippen molar-refractivity contribution < 1.29 is 27.9 Å². The van der Waals surface area contributed by atoms with Gasteiger partial charge in [-0.3, -0.25) is 9.59 Å². The van der Waals surface area contributed by atoms with Crippen LogP contribution >= 0.6 is 0 Å². The Morgan fingerprint density at radius 3 is 2.27 bits per heavy atom. The number of aliphatic hydroxyl groups excluding tert-OH is 1. The molecule has 4 fully saturated rings. The summed E-state index contributed by atoms with van der Waals surface area (Å²) >= 11 is 0. The maximum absolute atomic E-state index is 14.4. The number of allylic oxidation sites excluding steroid dienone is 1. The van der Waals surface area contributed by atoms with Gasteiger partial charge in [0, 0.05) is 6.42 Å². The van der Waals surface area contributed by atoms with E-state index < -0.39 is 23.1 Å². The molecule has 4 saturated carbocycles. The molecule has 45 heavy (non-hydrogen) atoms. The van der Waals surface area contributed by atoms with Gasteiger partial charge in [0.05, 0.1) is 22.8 Å². The van der Waals surface area contributed by atoms with E-state index in [9.17, 15) is 27.9 Å². The third kappa shape index (κ3) is 4.48. The molecule has 1 aromatic rings. The number of Topliss-reactive ketones (excluding diaryl/α,β-unsaturated/α-hetero) is 1. The van der Waals surface area contributed by atoms with Gasteiger partial charge < -0.3 is 10.4 Å². The number of carbonyl (C=O) groups excluding carboxylic acids is 2. The van der Waals surface area contributed by atoms with E-state index in [0.29, 0.717) is 18.3 Å². The Bertz CT molecular complexity index is 1430. The van der Waals surface area contributed by atoms with Crippen molar-refractivity contribution in [3.05, 3.63) is 41.0 Å². The summed E-state index contributed by atoms with van der Waals surface area (Å²) in [5, 5.41) is 13.8. The van der Waals surface area contributed by atoms with E-state index in [-0.39, 0.29) is 57.5 Å². The van der Waals surface area contributed by atoms with Crippen LogP contribution in [-0.2, 0) is 15.8 Å². The van der Waals surface area contributed by atoms with Crippen LogP contribution in [0.15, 0.2) is 35.4 Å². The number of alkyl halides is 3. The molecular weight excluding hydrogens is 575 g/mol. The molecule has 2 N–H and O–H groups in total. The smallest absolute Gasteiger partial charge is 0.393 e. The quantitative estimate of drug-likeness (QED) is 0.351. The van der Waals surface area contributed by atoms with Gasteiger partial charge in [-0.25, -0.2) is 0 Å². The fourth-order valence-corrected chi connectivity index (χ4v) is 12.2. The van der Waals surface area contributed by atoms with Crippen molar-refractivity contribution in [1.29, 1.82) is 0 Å². The summed E-state index contributed by atoms with van der Waals surface area (Å²) in [6.07, 6.45) is 3.20. The largest absolute Gasteiger partial charge is 0.418 e. The Morgan fingerprint density at radius 1 is 0.911 bits per heavy atom. The first-order valence-electron chi connectivity index (χ1n) is 17.3. The minimum absolute atomic E-state index is 0.0102. The van der Waals surface area contributed by atoms with Crippen molar-refractivity contribution in [1.82, 2.24) is 0 Å². The molecule has 0 aliphatic heterocycles. The zero-order valence-electron chi connectivity index (χ0n) is 28.2. The molecule has 0 heterocycles. The van der Waals surface area contributed by atoms with Gasteiger partial charge >= 0.3 is 6.18 Å². The lowest BCUT2D eigenvalue weighted by atomic mass is 9.36. The maximum Gasteiger partial charge on any atom is 0.418 e. The van der Waals surface area contributed by atoms with Crippen molar-refractivity contribution in [2.45, 2.75) is 125 Å². The van der Waals surface area contributed by atoms with Gasteiger partial charge in [-0.1, -0.05) is 67.0 Å². The average molecular weight is 628 g/mol. The van der Waals surface area contributed by atoms with Crippen LogP contribution in [0, 0.1) is 50.7 Å². The van der Waals surface area contributed by atoms with E-state index in [4.69, 9.17) is 0 Å². The molecule has 0 aromatic heterocycles. The van der Waals surface area contributed by atoms with Crippen LogP contribution in [-0.4, -0.2) is 22.9 Å². The van der Waals surface area contributed by atoms with Gasteiger partial charge in [0.2, 0.25) is 5.91 Å². The fourth-order valence-electron chi connectivity index (χ4n) is 12.2. The van der Waals surface area contributed by atoms with Crippen molar-refractivity contribution in [3.63, 3.8) is 0 Å². The second-order valence-corrected chi connectivity index (χ2v) is 17.0. The lowest BCUT2D eigenvalue weighted by molar-refractivity contribution is -0.205. The highest BCUT2D eigenvalue weighted by Crippen LogP contribution is 2.75. The summed E-state index contributed by atoms with van der Waals surface area (Å²) in [6.45, 7) is 15.9. The van der Waals surface area contributed by atoms with Crippen molar-refractivity contribution in [2.75, 3.05) is 5.32 Å². The minimum Gasteiger partial charge on any atom is -0.393 e. The van der Waals surface area contributed by atoms with Gasteiger partial charge in [0.1, 0.15) is 0 Å². The summed E-state index contributed by atoms with van der Waals surface area (Å²) in [7, 11) is 0. The Labute approximate surface area is 267 Å². The summed E-state index contributed by atoms with van der Waals surface area (Å²) in [5.41, 5.74) is -0.844. The number of benzene rings is 1. The Hall–Kier alpha value is -2.15. The van der Waals surface area contributed by atoms with E-state index in [2.05, 4.69) is 39.9 Å². The van der Waals surface area contributed by atoms with Crippen LogP contribution in [0.25, 0.3) is 0 Å². The van der Waals surface area contributed by atoms with E-state index in [1.54, 1.807) is 0 Å². The zero-order valence-corrected chi connectivity index (χ0v) is 28.2. The lowest BCUT2D eigenvalue weighted by Gasteiger charge is -2.68. The van der Waals surface area contributed by atoms with Crippen LogP contribution in [0.5, 0.6) is 0 Å². The molecule has 0 saturated heterocycles. The van der Waals surface area contributed by atoms with E-state index in [0.717, 1.165) is 68.6 Å². The molecule has 0 bridgehead atoms. The highest BCUT2D eigenvalue weighted by atomic mass is 19.4.